The van der Waals surface area contributed by atoms with E-state index in [9.17, 15) is 9.59 Å². The molecule has 0 spiro atoms. The lowest BCUT2D eigenvalue weighted by molar-refractivity contribution is -0.139. The Balaban J connectivity index is 1.81. The normalized spacial score (nSPS) is 18.1. The molecule has 1 aromatic carbocycles. The number of rotatable bonds is 5. The van der Waals surface area contributed by atoms with Crippen LogP contribution in [-0.4, -0.2) is 42.3 Å². The number of carboxylic acid groups (broad SMARTS) is 1. The van der Waals surface area contributed by atoms with Crippen LogP contribution in [0.1, 0.15) is 6.42 Å². The zero-order chi connectivity index (χ0) is 14.5. The third-order valence-corrected chi connectivity index (χ3v) is 2.80. The number of hydrogen-bond donors (Lipinski definition) is 3. The van der Waals surface area contributed by atoms with Gasteiger partial charge < -0.3 is 25.6 Å². The highest BCUT2D eigenvalue weighted by Crippen LogP contribution is 2.30. The fourth-order valence-corrected chi connectivity index (χ4v) is 1.79. The average Bonchev–Trinajstić information content (AvgIpc) is 2.43. The molecule has 0 saturated carbocycles. The summed E-state index contributed by atoms with van der Waals surface area (Å²) >= 11 is 0. The van der Waals surface area contributed by atoms with Gasteiger partial charge in [0.1, 0.15) is 12.7 Å². The van der Waals surface area contributed by atoms with Gasteiger partial charge in [0.05, 0.1) is 19.0 Å². The monoisotopic (exact) mass is 280 g/mol. The minimum atomic E-state index is -1.11. The van der Waals surface area contributed by atoms with Crippen molar-refractivity contribution in [3.8, 4) is 11.5 Å². The molecule has 0 aromatic heterocycles. The van der Waals surface area contributed by atoms with Crippen molar-refractivity contribution in [1.29, 1.82) is 0 Å². The first kappa shape index (κ1) is 14.1. The summed E-state index contributed by atoms with van der Waals surface area (Å²) in [6, 6.07) is 6.18. The highest BCUT2D eigenvalue weighted by molar-refractivity contribution is 5.85. The second-order valence-electron chi connectivity index (χ2n) is 4.45. The van der Waals surface area contributed by atoms with Gasteiger partial charge in [0.15, 0.2) is 11.5 Å². The quantitative estimate of drug-likeness (QED) is 0.685. The van der Waals surface area contributed by atoms with E-state index in [4.69, 9.17) is 20.3 Å². The lowest BCUT2D eigenvalue weighted by Crippen LogP contribution is -2.47. The predicted molar refractivity (Wildman–Crippen MR) is 69.6 cm³/mol. The fraction of sp³-hybridized carbons (Fsp3) is 0.385. The van der Waals surface area contributed by atoms with Crippen LogP contribution in [0.15, 0.2) is 24.3 Å². The van der Waals surface area contributed by atoms with E-state index >= 15 is 0 Å². The number of carboxylic acids is 1. The smallest absolute Gasteiger partial charge is 0.305 e. The molecule has 0 aliphatic carbocycles. The van der Waals surface area contributed by atoms with Crippen molar-refractivity contribution in [3.05, 3.63) is 24.3 Å². The Kier molecular flexibility index (Phi) is 4.41. The first-order valence-electron chi connectivity index (χ1n) is 6.20. The SMILES string of the molecule is NC(CC(=O)O)C(=O)NCC1COc2ccccc2O1. The van der Waals surface area contributed by atoms with Gasteiger partial charge in [0.25, 0.3) is 0 Å². The van der Waals surface area contributed by atoms with E-state index in [1.54, 1.807) is 12.1 Å². The molecule has 1 amide bonds. The van der Waals surface area contributed by atoms with Gasteiger partial charge in [-0.1, -0.05) is 12.1 Å². The highest BCUT2D eigenvalue weighted by atomic mass is 16.6. The molecule has 1 aliphatic heterocycles. The van der Waals surface area contributed by atoms with Crippen LogP contribution in [0.4, 0.5) is 0 Å². The van der Waals surface area contributed by atoms with E-state index in [0.29, 0.717) is 18.1 Å². The standard InChI is InChI=1S/C13H16N2O5/c14-9(5-12(16)17)13(18)15-6-8-7-19-10-3-1-2-4-11(10)20-8/h1-4,8-9H,5-7,14H2,(H,15,18)(H,16,17). The first-order valence-corrected chi connectivity index (χ1v) is 6.20. The maximum Gasteiger partial charge on any atom is 0.305 e. The van der Waals surface area contributed by atoms with E-state index in [0.717, 1.165) is 0 Å². The number of carbonyl (C=O) groups excluding carboxylic acids is 1. The zero-order valence-corrected chi connectivity index (χ0v) is 10.7. The summed E-state index contributed by atoms with van der Waals surface area (Å²) in [6.07, 6.45) is -0.734. The largest absolute Gasteiger partial charge is 0.486 e. The third kappa shape index (κ3) is 3.61. The van der Waals surface area contributed by atoms with Crippen LogP contribution in [0.2, 0.25) is 0 Å². The van der Waals surface area contributed by atoms with Crippen LogP contribution in [0.5, 0.6) is 11.5 Å². The summed E-state index contributed by atoms with van der Waals surface area (Å²) in [6.45, 7) is 0.520. The van der Waals surface area contributed by atoms with Gasteiger partial charge in [0, 0.05) is 0 Å². The predicted octanol–water partition coefficient (Wildman–Crippen LogP) is -0.255. The van der Waals surface area contributed by atoms with Crippen LogP contribution < -0.4 is 20.5 Å². The third-order valence-electron chi connectivity index (χ3n) is 2.80. The van der Waals surface area contributed by atoms with Gasteiger partial charge in [-0.05, 0) is 12.1 Å². The number of aliphatic carboxylic acids is 1. The molecule has 4 N–H and O–H groups in total. The van der Waals surface area contributed by atoms with Gasteiger partial charge in [-0.15, -0.1) is 0 Å². The Bertz CT molecular complexity index is 505. The first-order chi connectivity index (χ1) is 9.56. The summed E-state index contributed by atoms with van der Waals surface area (Å²) in [4.78, 5) is 22.0. The van der Waals surface area contributed by atoms with Crippen molar-refractivity contribution in [2.24, 2.45) is 5.73 Å². The number of benzene rings is 1. The highest BCUT2D eigenvalue weighted by Gasteiger charge is 2.23. The maximum atomic E-state index is 11.6. The lowest BCUT2D eigenvalue weighted by Gasteiger charge is -2.26. The van der Waals surface area contributed by atoms with Crippen molar-refractivity contribution < 1.29 is 24.2 Å². The topological polar surface area (TPSA) is 111 Å². The average molecular weight is 280 g/mol. The van der Waals surface area contributed by atoms with E-state index in [1.807, 2.05) is 12.1 Å². The molecule has 0 fully saturated rings. The fourth-order valence-electron chi connectivity index (χ4n) is 1.79. The van der Waals surface area contributed by atoms with Crippen molar-refractivity contribution in [2.75, 3.05) is 13.2 Å². The van der Waals surface area contributed by atoms with E-state index in [2.05, 4.69) is 5.32 Å². The molecule has 7 nitrogen and oxygen atoms in total. The molecule has 0 radical (unpaired) electrons. The minimum absolute atomic E-state index is 0.209. The zero-order valence-electron chi connectivity index (χ0n) is 10.7. The Morgan fingerprint density at radius 3 is 2.80 bits per heavy atom. The van der Waals surface area contributed by atoms with Crippen molar-refractivity contribution in [2.45, 2.75) is 18.6 Å². The molecular formula is C13H16N2O5. The van der Waals surface area contributed by atoms with Crippen molar-refractivity contribution in [1.82, 2.24) is 5.32 Å². The van der Waals surface area contributed by atoms with Crippen LogP contribution in [0.3, 0.4) is 0 Å². The van der Waals surface area contributed by atoms with E-state index < -0.39 is 24.3 Å². The lowest BCUT2D eigenvalue weighted by atomic mass is 10.2. The number of carbonyl (C=O) groups is 2. The van der Waals surface area contributed by atoms with Crippen LogP contribution in [0.25, 0.3) is 0 Å². The summed E-state index contributed by atoms with van der Waals surface area (Å²) in [5.74, 6) is -0.348. The molecule has 2 unspecified atom stereocenters. The summed E-state index contributed by atoms with van der Waals surface area (Å²) in [7, 11) is 0. The Labute approximate surface area is 115 Å². The second kappa shape index (κ2) is 6.25. The molecular weight excluding hydrogens is 264 g/mol. The second-order valence-corrected chi connectivity index (χ2v) is 4.45. The molecule has 1 aliphatic rings. The summed E-state index contributed by atoms with van der Waals surface area (Å²) in [5, 5.41) is 11.1. The summed E-state index contributed by atoms with van der Waals surface area (Å²) in [5.41, 5.74) is 5.45. The molecule has 1 aromatic rings. The number of nitrogens with one attached hydrogen (secondary N) is 1. The molecule has 2 atom stereocenters. The number of ether oxygens (including phenoxy) is 2. The maximum absolute atomic E-state index is 11.6. The number of fused-ring (bicyclic) bond motifs is 1. The molecule has 0 bridgehead atoms. The van der Waals surface area contributed by atoms with Crippen molar-refractivity contribution >= 4 is 11.9 Å². The number of para-hydroxylation sites is 2. The molecule has 20 heavy (non-hydrogen) atoms. The van der Waals surface area contributed by atoms with E-state index in [1.165, 1.54) is 0 Å². The molecule has 7 heteroatoms. The Morgan fingerprint density at radius 2 is 2.10 bits per heavy atom. The van der Waals surface area contributed by atoms with Gasteiger partial charge >= 0.3 is 5.97 Å². The van der Waals surface area contributed by atoms with Gasteiger partial charge in [-0.2, -0.15) is 0 Å². The molecule has 108 valence electrons. The van der Waals surface area contributed by atoms with E-state index in [-0.39, 0.29) is 12.6 Å². The molecule has 1 heterocycles. The molecule has 2 rings (SSSR count). The number of nitrogens with two attached hydrogens (primary N) is 1. The van der Waals surface area contributed by atoms with Crippen LogP contribution in [0, 0.1) is 0 Å². The van der Waals surface area contributed by atoms with Crippen molar-refractivity contribution in [3.63, 3.8) is 0 Å². The van der Waals surface area contributed by atoms with Gasteiger partial charge in [-0.25, -0.2) is 0 Å². The minimum Gasteiger partial charge on any atom is -0.486 e. The van der Waals surface area contributed by atoms with Gasteiger partial charge in [-0.3, -0.25) is 9.59 Å². The molecule has 0 saturated heterocycles. The van der Waals surface area contributed by atoms with Crippen LogP contribution in [-0.2, 0) is 9.59 Å². The Morgan fingerprint density at radius 1 is 1.40 bits per heavy atom. The summed E-state index contributed by atoms with van der Waals surface area (Å²) < 4.78 is 11.1. The van der Waals surface area contributed by atoms with Crippen LogP contribution >= 0.6 is 0 Å². The Hall–Kier alpha value is -2.28. The van der Waals surface area contributed by atoms with Gasteiger partial charge in [0.2, 0.25) is 5.91 Å². The number of amides is 1. The number of hydrogen-bond acceptors (Lipinski definition) is 5.